The number of carbonyl (C=O) groups excluding carboxylic acids is 1. The van der Waals surface area contributed by atoms with Crippen LogP contribution in [0.5, 0.6) is 11.5 Å². The van der Waals surface area contributed by atoms with Crippen molar-refractivity contribution < 1.29 is 50.4 Å². The number of halogens is 2. The molecule has 0 aliphatic rings. The van der Waals surface area contributed by atoms with Crippen LogP contribution in [0, 0.1) is 27.7 Å². The Labute approximate surface area is 235 Å². The molecule has 0 spiro atoms. The molecule has 1 atom stereocenters. The molecule has 0 aliphatic carbocycles. The van der Waals surface area contributed by atoms with Gasteiger partial charge in [-0.05, 0) is 88.1 Å². The Balaban J connectivity index is -0.000000500. The Morgan fingerprint density at radius 2 is 1.25 bits per heavy atom. The number of aliphatic hydroxyl groups is 1. The molecule has 2 rings (SSSR count). The average molecular weight is 579 g/mol. The number of hydrogen-bond acceptors (Lipinski definition) is 4. The second-order valence-electron chi connectivity index (χ2n) is 7.53. The van der Waals surface area contributed by atoms with Crippen LogP contribution in [0.4, 0.5) is 0 Å². The van der Waals surface area contributed by atoms with Gasteiger partial charge in [-0.2, -0.15) is 0 Å². The van der Waals surface area contributed by atoms with Gasteiger partial charge in [0.2, 0.25) is 0 Å². The van der Waals surface area contributed by atoms with E-state index >= 15 is 0 Å². The average Bonchev–Trinajstić information content (AvgIpc) is 2.64. The van der Waals surface area contributed by atoms with Crippen molar-refractivity contribution in [1.29, 1.82) is 0 Å². The number of hydrogen-bond donors (Lipinski definition) is 1. The molecule has 171 valence electrons. The summed E-state index contributed by atoms with van der Waals surface area (Å²) in [5, 5.41) is 9.10. The molecule has 8 heteroatoms. The van der Waals surface area contributed by atoms with Crippen LogP contribution in [0.25, 0.3) is 0 Å². The predicted molar refractivity (Wildman–Crippen MR) is 137 cm³/mol. The van der Waals surface area contributed by atoms with E-state index in [2.05, 4.69) is 31.9 Å². The molecule has 1 N–H and O–H groups in total. The molecule has 0 saturated heterocycles. The summed E-state index contributed by atoms with van der Waals surface area (Å²) in [5.41, 5.74) is 4.63. The second-order valence-corrected chi connectivity index (χ2v) is 9.11. The van der Waals surface area contributed by atoms with Crippen LogP contribution in [-0.2, 0) is 4.79 Å². The van der Waals surface area contributed by atoms with Gasteiger partial charge in [0.05, 0.1) is 19.3 Å². The van der Waals surface area contributed by atoms with E-state index in [0.29, 0.717) is 26.1 Å². The molecular formula is C24H33BBr2NaO4. The zero-order valence-corrected chi connectivity index (χ0v) is 25.4. The van der Waals surface area contributed by atoms with Crippen LogP contribution < -0.4 is 39.0 Å². The maximum Gasteiger partial charge on any atom is 1.00 e. The van der Waals surface area contributed by atoms with Gasteiger partial charge in [0.1, 0.15) is 17.3 Å². The van der Waals surface area contributed by atoms with Crippen LogP contribution in [0.15, 0.2) is 33.2 Å². The molecule has 0 saturated carbocycles. The maximum absolute atomic E-state index is 10.7. The van der Waals surface area contributed by atoms with Crippen molar-refractivity contribution in [2.75, 3.05) is 13.2 Å². The van der Waals surface area contributed by atoms with Crippen molar-refractivity contribution in [2.24, 2.45) is 0 Å². The third-order valence-corrected chi connectivity index (χ3v) is 6.85. The summed E-state index contributed by atoms with van der Waals surface area (Å²) in [6.45, 7) is 12.5. The molecular weight excluding hydrogens is 546 g/mol. The van der Waals surface area contributed by atoms with Crippen molar-refractivity contribution in [2.45, 2.75) is 60.5 Å². The van der Waals surface area contributed by atoms with E-state index in [1.165, 1.54) is 11.1 Å². The third kappa shape index (κ3) is 12.8. The first-order valence-electron chi connectivity index (χ1n) is 9.97. The fourth-order valence-corrected chi connectivity index (χ4v) is 3.10. The molecule has 0 fully saturated rings. The molecule has 4 nitrogen and oxygen atoms in total. The second kappa shape index (κ2) is 17.2. The van der Waals surface area contributed by atoms with Gasteiger partial charge in [0.25, 0.3) is 0 Å². The van der Waals surface area contributed by atoms with Crippen molar-refractivity contribution in [1.82, 2.24) is 0 Å². The summed E-state index contributed by atoms with van der Waals surface area (Å²) in [6, 6.07) is 7.94. The molecule has 1 unspecified atom stereocenters. The molecule has 3 radical (unpaired) electrons. The van der Waals surface area contributed by atoms with Gasteiger partial charge >= 0.3 is 29.6 Å². The van der Waals surface area contributed by atoms with Crippen LogP contribution in [0.1, 0.15) is 50.4 Å². The van der Waals surface area contributed by atoms with E-state index in [1.54, 1.807) is 13.8 Å². The van der Waals surface area contributed by atoms with E-state index in [0.717, 1.165) is 31.6 Å². The third-order valence-electron chi connectivity index (χ3n) is 4.35. The molecule has 0 bridgehead atoms. The van der Waals surface area contributed by atoms with Crippen LogP contribution in [0.2, 0.25) is 0 Å². The van der Waals surface area contributed by atoms with E-state index in [-0.39, 0.29) is 51.3 Å². The number of carbonyl (C=O) groups is 1. The Bertz CT molecular complexity index is 820. The SMILES string of the molecule is CC(=O)CCOc1cc(C)c(Br)c(C)c1.Cc1cc(OCCC(C)O)cc(C)c1Br.[B].[H-].[Na+]. The Morgan fingerprint density at radius 1 is 0.906 bits per heavy atom. The van der Waals surface area contributed by atoms with Crippen LogP contribution in [-0.4, -0.2) is 38.6 Å². The fourth-order valence-electron chi connectivity index (χ4n) is 2.64. The Hall–Kier alpha value is -0.305. The van der Waals surface area contributed by atoms with Gasteiger partial charge < -0.3 is 16.0 Å². The van der Waals surface area contributed by atoms with Gasteiger partial charge in [-0.25, -0.2) is 0 Å². The molecule has 2 aromatic carbocycles. The maximum atomic E-state index is 10.7. The number of aliphatic hydroxyl groups excluding tert-OH is 1. The monoisotopic (exact) mass is 577 g/mol. The minimum absolute atomic E-state index is 0. The topological polar surface area (TPSA) is 55.8 Å². The number of ether oxygens (including phenoxy) is 2. The van der Waals surface area contributed by atoms with E-state index in [1.807, 2.05) is 52.0 Å². The molecule has 0 amide bonds. The van der Waals surface area contributed by atoms with Crippen molar-refractivity contribution in [3.63, 3.8) is 0 Å². The van der Waals surface area contributed by atoms with Gasteiger partial charge in [0, 0.05) is 30.2 Å². The zero-order valence-electron chi connectivity index (χ0n) is 21.2. The molecule has 2 aromatic rings. The standard InChI is InChI=1S/C12H17BrO2.C12H15BrO2.B.Na.H/c2*1-8-6-11(7-9(2)12(8)13)15-5-4-10(3)14;;;/h6-7,10,14H,4-5H2,1-3H3;6-7H,4-5H2,1-3H3;;;/q;;;+1;-1. The van der Waals surface area contributed by atoms with Crippen molar-refractivity contribution >= 4 is 46.1 Å². The van der Waals surface area contributed by atoms with E-state index in [4.69, 9.17) is 14.6 Å². The van der Waals surface area contributed by atoms with Crippen LogP contribution in [0.3, 0.4) is 0 Å². The first-order chi connectivity index (χ1) is 14.0. The largest absolute Gasteiger partial charge is 1.00 e. The summed E-state index contributed by atoms with van der Waals surface area (Å²) < 4.78 is 13.3. The number of Topliss-reactive ketones (excluding diaryl/α,β-unsaturated/α-hetero) is 1. The Morgan fingerprint density at radius 3 is 1.56 bits per heavy atom. The number of rotatable bonds is 8. The Kier molecular flexibility index (Phi) is 18.2. The summed E-state index contributed by atoms with van der Waals surface area (Å²) >= 11 is 7.00. The number of benzene rings is 2. The van der Waals surface area contributed by atoms with E-state index < -0.39 is 0 Å². The molecule has 32 heavy (non-hydrogen) atoms. The number of aryl methyl sites for hydroxylation is 4. The quantitative estimate of drug-likeness (QED) is 0.488. The van der Waals surface area contributed by atoms with Gasteiger partial charge in [0.15, 0.2) is 0 Å². The fraction of sp³-hybridized carbons (Fsp3) is 0.458. The molecule has 0 heterocycles. The van der Waals surface area contributed by atoms with Crippen LogP contribution >= 0.6 is 31.9 Å². The first kappa shape index (κ1) is 33.9. The van der Waals surface area contributed by atoms with Gasteiger partial charge in [-0.1, -0.05) is 31.9 Å². The van der Waals surface area contributed by atoms with Crippen molar-refractivity contribution in [3.05, 3.63) is 55.5 Å². The minimum Gasteiger partial charge on any atom is -1.00 e. The summed E-state index contributed by atoms with van der Waals surface area (Å²) in [7, 11) is 0. The van der Waals surface area contributed by atoms with Crippen molar-refractivity contribution in [3.8, 4) is 11.5 Å². The molecule has 0 aliphatic heterocycles. The van der Waals surface area contributed by atoms with Gasteiger partial charge in [-0.15, -0.1) is 0 Å². The van der Waals surface area contributed by atoms with Gasteiger partial charge in [-0.3, -0.25) is 4.79 Å². The summed E-state index contributed by atoms with van der Waals surface area (Å²) in [5.74, 6) is 1.85. The normalized spacial score (nSPS) is 10.7. The zero-order chi connectivity index (χ0) is 22.8. The van der Waals surface area contributed by atoms with E-state index in [9.17, 15) is 4.79 Å². The smallest absolute Gasteiger partial charge is 1.00 e. The minimum atomic E-state index is -0.303. The first-order valence-corrected chi connectivity index (χ1v) is 11.6. The predicted octanol–water partition coefficient (Wildman–Crippen LogP) is 3.38. The number of ketones is 1. The molecule has 0 aromatic heterocycles. The summed E-state index contributed by atoms with van der Waals surface area (Å²) in [4.78, 5) is 10.7. The summed E-state index contributed by atoms with van der Waals surface area (Å²) in [6.07, 6.45) is 0.824.